The molecule has 1 amide bonds. The Hall–Kier alpha value is -2.64. The van der Waals surface area contributed by atoms with Gasteiger partial charge in [0, 0.05) is 0 Å². The molecule has 0 heterocycles. The van der Waals surface area contributed by atoms with Gasteiger partial charge in [0.05, 0.1) is 20.0 Å². The number of benzene rings is 1. The number of amides is 1. The lowest BCUT2D eigenvalue weighted by molar-refractivity contribution is -0.147. The molecule has 0 aliphatic rings. The van der Waals surface area contributed by atoms with E-state index in [0.717, 1.165) is 6.07 Å². The van der Waals surface area contributed by atoms with Gasteiger partial charge >= 0.3 is 11.9 Å². The smallest absolute Gasteiger partial charge is 0.326 e. The van der Waals surface area contributed by atoms with Gasteiger partial charge in [-0.25, -0.2) is 9.18 Å². The third kappa shape index (κ3) is 5.09. The highest BCUT2D eigenvalue weighted by Gasteiger charge is 2.23. The van der Waals surface area contributed by atoms with Gasteiger partial charge in [0.2, 0.25) is 5.91 Å². The Labute approximate surface area is 119 Å². The summed E-state index contributed by atoms with van der Waals surface area (Å²) in [6, 6.07) is 2.35. The summed E-state index contributed by atoms with van der Waals surface area (Å²) in [7, 11) is 1.30. The first kappa shape index (κ1) is 16.4. The largest absolute Gasteiger partial charge is 0.494 e. The number of nitrogens with one attached hydrogen (secondary N) is 1. The van der Waals surface area contributed by atoms with Gasteiger partial charge in [0.15, 0.2) is 11.6 Å². The van der Waals surface area contributed by atoms with E-state index in [1.165, 1.54) is 19.2 Å². The molecule has 0 fully saturated rings. The summed E-state index contributed by atoms with van der Waals surface area (Å²) in [5.41, 5.74) is 0.310. The van der Waals surface area contributed by atoms with E-state index < -0.39 is 36.1 Å². The lowest BCUT2D eigenvalue weighted by Gasteiger charge is -2.12. The molecule has 114 valence electrons. The van der Waals surface area contributed by atoms with Crippen LogP contribution in [0, 0.1) is 5.82 Å². The molecule has 0 unspecified atom stereocenters. The zero-order chi connectivity index (χ0) is 16.0. The number of methoxy groups -OCH3 is 1. The molecule has 0 radical (unpaired) electrons. The fourth-order valence-electron chi connectivity index (χ4n) is 1.63. The summed E-state index contributed by atoms with van der Waals surface area (Å²) in [5.74, 6) is -4.14. The second-order valence-electron chi connectivity index (χ2n) is 4.20. The standard InChI is InChI=1S/C13H14FNO6/c1-21-10-3-2-7(4-8(10)14)5-11(16)15-9(13(19)20)6-12(17)18/h2-4,9H,5-6H2,1H3,(H,15,16)(H,17,18)(H,19,20)/t9-/m0/s1. The third-order valence-corrected chi connectivity index (χ3v) is 2.59. The van der Waals surface area contributed by atoms with Gasteiger partial charge < -0.3 is 20.3 Å². The molecule has 0 aliphatic carbocycles. The lowest BCUT2D eigenvalue weighted by atomic mass is 10.1. The van der Waals surface area contributed by atoms with Gasteiger partial charge in [-0.2, -0.15) is 0 Å². The van der Waals surface area contributed by atoms with E-state index in [9.17, 15) is 18.8 Å². The van der Waals surface area contributed by atoms with Crippen LogP contribution in [-0.4, -0.2) is 41.2 Å². The maximum absolute atomic E-state index is 13.4. The van der Waals surface area contributed by atoms with Gasteiger partial charge in [-0.05, 0) is 17.7 Å². The Kier molecular flexibility index (Phi) is 5.65. The number of carbonyl (C=O) groups excluding carboxylic acids is 1. The van der Waals surface area contributed by atoms with Crippen LogP contribution in [0.15, 0.2) is 18.2 Å². The zero-order valence-corrected chi connectivity index (χ0v) is 11.1. The van der Waals surface area contributed by atoms with Gasteiger partial charge in [0.1, 0.15) is 6.04 Å². The van der Waals surface area contributed by atoms with E-state index in [1.807, 2.05) is 0 Å². The molecule has 7 nitrogen and oxygen atoms in total. The first-order valence-electron chi connectivity index (χ1n) is 5.90. The van der Waals surface area contributed by atoms with Crippen LogP contribution in [0.4, 0.5) is 4.39 Å². The number of aliphatic carboxylic acids is 2. The van der Waals surface area contributed by atoms with E-state index in [1.54, 1.807) is 0 Å². The maximum Gasteiger partial charge on any atom is 0.326 e. The number of carboxylic acids is 2. The molecule has 1 atom stereocenters. The SMILES string of the molecule is COc1ccc(CC(=O)N[C@@H](CC(=O)O)C(=O)O)cc1F. The normalized spacial score (nSPS) is 11.5. The second kappa shape index (κ2) is 7.22. The third-order valence-electron chi connectivity index (χ3n) is 2.59. The van der Waals surface area contributed by atoms with Gasteiger partial charge in [-0.3, -0.25) is 9.59 Å². The van der Waals surface area contributed by atoms with Crippen molar-refractivity contribution in [1.82, 2.24) is 5.32 Å². The van der Waals surface area contributed by atoms with E-state index in [4.69, 9.17) is 14.9 Å². The molecular weight excluding hydrogens is 285 g/mol. The number of carboxylic acid groups (broad SMARTS) is 2. The van der Waals surface area contributed by atoms with Crippen LogP contribution >= 0.6 is 0 Å². The van der Waals surface area contributed by atoms with Crippen molar-refractivity contribution >= 4 is 17.8 Å². The molecule has 0 spiro atoms. The van der Waals surface area contributed by atoms with Crippen molar-refractivity contribution < 1.29 is 33.7 Å². The molecule has 1 aromatic carbocycles. The highest BCUT2D eigenvalue weighted by atomic mass is 19.1. The highest BCUT2D eigenvalue weighted by Crippen LogP contribution is 2.17. The number of hydrogen-bond acceptors (Lipinski definition) is 4. The molecule has 21 heavy (non-hydrogen) atoms. The number of rotatable bonds is 7. The number of ether oxygens (including phenoxy) is 1. The summed E-state index contributed by atoms with van der Waals surface area (Å²) in [4.78, 5) is 33.0. The monoisotopic (exact) mass is 299 g/mol. The maximum atomic E-state index is 13.4. The van der Waals surface area contributed by atoms with Crippen molar-refractivity contribution in [3.05, 3.63) is 29.6 Å². The molecule has 1 rings (SSSR count). The Bertz CT molecular complexity index is 560. The van der Waals surface area contributed by atoms with Crippen molar-refractivity contribution in [2.45, 2.75) is 18.9 Å². The number of carbonyl (C=O) groups is 3. The van der Waals surface area contributed by atoms with Crippen molar-refractivity contribution in [3.63, 3.8) is 0 Å². The van der Waals surface area contributed by atoms with E-state index in [0.29, 0.717) is 5.56 Å². The van der Waals surface area contributed by atoms with Crippen LogP contribution in [0.2, 0.25) is 0 Å². The van der Waals surface area contributed by atoms with Crippen molar-refractivity contribution in [2.24, 2.45) is 0 Å². The van der Waals surface area contributed by atoms with Crippen LogP contribution in [0.3, 0.4) is 0 Å². The molecule has 8 heteroatoms. The average Bonchev–Trinajstić information content (AvgIpc) is 2.37. The van der Waals surface area contributed by atoms with Crippen LogP contribution in [0.25, 0.3) is 0 Å². The Morgan fingerprint density at radius 2 is 2.00 bits per heavy atom. The lowest BCUT2D eigenvalue weighted by Crippen LogP contribution is -2.42. The molecule has 0 aromatic heterocycles. The Balaban J connectivity index is 2.69. The molecule has 0 bridgehead atoms. The quantitative estimate of drug-likeness (QED) is 0.672. The molecule has 3 N–H and O–H groups in total. The van der Waals surface area contributed by atoms with Crippen molar-refractivity contribution in [3.8, 4) is 5.75 Å². The summed E-state index contributed by atoms with van der Waals surface area (Å²) in [6.07, 6.45) is -1.01. The summed E-state index contributed by atoms with van der Waals surface area (Å²) in [5, 5.41) is 19.4. The van der Waals surface area contributed by atoms with Crippen molar-refractivity contribution in [1.29, 1.82) is 0 Å². The van der Waals surface area contributed by atoms with Gasteiger partial charge in [-0.1, -0.05) is 6.07 Å². The number of hydrogen-bond donors (Lipinski definition) is 3. The molecule has 0 saturated carbocycles. The summed E-state index contributed by atoms with van der Waals surface area (Å²) >= 11 is 0. The Morgan fingerprint density at radius 1 is 1.33 bits per heavy atom. The van der Waals surface area contributed by atoms with Crippen LogP contribution in [-0.2, 0) is 20.8 Å². The van der Waals surface area contributed by atoms with Crippen LogP contribution in [0.5, 0.6) is 5.75 Å². The average molecular weight is 299 g/mol. The first-order chi connectivity index (χ1) is 9.83. The molecule has 0 saturated heterocycles. The topological polar surface area (TPSA) is 113 Å². The molecular formula is C13H14FNO6. The minimum atomic E-state index is -1.53. The van der Waals surface area contributed by atoms with E-state index in [2.05, 4.69) is 5.32 Å². The summed E-state index contributed by atoms with van der Waals surface area (Å²) < 4.78 is 18.2. The fraction of sp³-hybridized carbons (Fsp3) is 0.308. The predicted octanol–water partition coefficient (Wildman–Crippen LogP) is 0.421. The van der Waals surface area contributed by atoms with Crippen LogP contribution < -0.4 is 10.1 Å². The molecule has 0 aliphatic heterocycles. The molecule has 1 aromatic rings. The predicted molar refractivity (Wildman–Crippen MR) is 68.5 cm³/mol. The minimum Gasteiger partial charge on any atom is -0.494 e. The van der Waals surface area contributed by atoms with Gasteiger partial charge in [-0.15, -0.1) is 0 Å². The highest BCUT2D eigenvalue weighted by molar-refractivity contribution is 5.87. The second-order valence-corrected chi connectivity index (χ2v) is 4.20. The zero-order valence-electron chi connectivity index (χ0n) is 11.1. The fourth-order valence-corrected chi connectivity index (χ4v) is 1.63. The van der Waals surface area contributed by atoms with Crippen LogP contribution in [0.1, 0.15) is 12.0 Å². The number of halogens is 1. The van der Waals surface area contributed by atoms with E-state index >= 15 is 0 Å². The minimum absolute atomic E-state index is 0.0217. The Morgan fingerprint density at radius 3 is 2.48 bits per heavy atom. The summed E-state index contributed by atoms with van der Waals surface area (Å²) in [6.45, 7) is 0. The van der Waals surface area contributed by atoms with Gasteiger partial charge in [0.25, 0.3) is 0 Å². The first-order valence-corrected chi connectivity index (χ1v) is 5.90. The van der Waals surface area contributed by atoms with E-state index in [-0.39, 0.29) is 12.2 Å². The van der Waals surface area contributed by atoms with Crippen molar-refractivity contribution in [2.75, 3.05) is 7.11 Å².